The number of halogens is 2. The molecule has 1 aliphatic heterocycles. The first kappa shape index (κ1) is 19.7. The third kappa shape index (κ3) is 3.57. The van der Waals surface area contributed by atoms with Crippen LogP contribution in [-0.2, 0) is 14.6 Å². The molecular formula is C22H15Cl2NO3S. The van der Waals surface area contributed by atoms with E-state index < -0.39 is 21.1 Å². The SMILES string of the molecule is O=C1/C(=C\c2ccc(Cl)cc2Cl)S(=O)(=O)[C@H](c2ccccc2)N1c1ccccc1. The zero-order valence-electron chi connectivity index (χ0n) is 15.0. The van der Waals surface area contributed by atoms with Crippen LogP contribution in [0.4, 0.5) is 5.69 Å². The monoisotopic (exact) mass is 443 g/mol. The van der Waals surface area contributed by atoms with Crippen LogP contribution < -0.4 is 4.90 Å². The summed E-state index contributed by atoms with van der Waals surface area (Å²) in [5.41, 5.74) is 1.42. The number of hydrogen-bond donors (Lipinski definition) is 0. The molecule has 1 fully saturated rings. The molecule has 3 aromatic carbocycles. The number of amides is 1. The second-order valence-electron chi connectivity index (χ2n) is 6.49. The quantitative estimate of drug-likeness (QED) is 0.502. The number of hydrogen-bond acceptors (Lipinski definition) is 3. The van der Waals surface area contributed by atoms with E-state index in [9.17, 15) is 13.2 Å². The van der Waals surface area contributed by atoms with Gasteiger partial charge < -0.3 is 0 Å². The van der Waals surface area contributed by atoms with Crippen molar-refractivity contribution in [1.82, 2.24) is 0 Å². The highest BCUT2D eigenvalue weighted by molar-refractivity contribution is 7.97. The molecule has 1 amide bonds. The summed E-state index contributed by atoms with van der Waals surface area (Å²) in [7, 11) is -4.01. The van der Waals surface area contributed by atoms with E-state index in [0.717, 1.165) is 0 Å². The Morgan fingerprint density at radius 3 is 2.10 bits per heavy atom. The first-order chi connectivity index (χ1) is 13.9. The zero-order valence-corrected chi connectivity index (χ0v) is 17.3. The number of benzene rings is 3. The summed E-state index contributed by atoms with van der Waals surface area (Å²) in [5, 5.41) is -0.468. The standard InChI is InChI=1S/C22H15Cl2NO3S/c23-17-12-11-16(19(24)14-17)13-20-21(26)25(18-9-5-2-6-10-18)22(29(20,27)28)15-7-3-1-4-8-15/h1-14,22H/b20-13+/t22-/m1/s1. The maximum Gasteiger partial charge on any atom is 0.271 e. The molecule has 0 saturated carbocycles. The first-order valence-electron chi connectivity index (χ1n) is 8.74. The Morgan fingerprint density at radius 2 is 1.48 bits per heavy atom. The highest BCUT2D eigenvalue weighted by Gasteiger charge is 2.50. The molecule has 0 unspecified atom stereocenters. The molecule has 1 saturated heterocycles. The van der Waals surface area contributed by atoms with Crippen LogP contribution >= 0.6 is 23.2 Å². The molecule has 0 spiro atoms. The summed E-state index contributed by atoms with van der Waals surface area (Å²) in [5.74, 6) is -0.601. The van der Waals surface area contributed by atoms with Crippen LogP contribution in [0.25, 0.3) is 6.08 Å². The van der Waals surface area contributed by atoms with Gasteiger partial charge in [-0.2, -0.15) is 0 Å². The van der Waals surface area contributed by atoms with Crippen LogP contribution in [-0.4, -0.2) is 14.3 Å². The average Bonchev–Trinajstić information content (AvgIpc) is 2.91. The van der Waals surface area contributed by atoms with E-state index in [1.165, 1.54) is 17.0 Å². The van der Waals surface area contributed by atoms with Crippen molar-refractivity contribution in [3.05, 3.63) is 105 Å². The lowest BCUT2D eigenvalue weighted by molar-refractivity contribution is -0.114. The van der Waals surface area contributed by atoms with Gasteiger partial charge in [0.05, 0.1) is 0 Å². The van der Waals surface area contributed by atoms with Gasteiger partial charge in [-0.1, -0.05) is 77.8 Å². The van der Waals surface area contributed by atoms with Crippen molar-refractivity contribution in [2.75, 3.05) is 4.90 Å². The van der Waals surface area contributed by atoms with Crippen LogP contribution in [0.15, 0.2) is 83.8 Å². The topological polar surface area (TPSA) is 54.5 Å². The van der Waals surface area contributed by atoms with Crippen LogP contribution in [0.1, 0.15) is 16.5 Å². The molecule has 1 aliphatic rings. The van der Waals surface area contributed by atoms with Gasteiger partial charge >= 0.3 is 0 Å². The van der Waals surface area contributed by atoms with Gasteiger partial charge in [0.25, 0.3) is 5.91 Å². The van der Waals surface area contributed by atoms with Crippen molar-refractivity contribution in [1.29, 1.82) is 0 Å². The lowest BCUT2D eigenvalue weighted by Crippen LogP contribution is -2.28. The summed E-state index contributed by atoms with van der Waals surface area (Å²) in [6.07, 6.45) is 1.31. The van der Waals surface area contributed by atoms with E-state index in [2.05, 4.69) is 0 Å². The summed E-state index contributed by atoms with van der Waals surface area (Å²) in [6.45, 7) is 0. The maximum absolute atomic E-state index is 13.5. The largest absolute Gasteiger partial charge is 0.286 e. The molecule has 4 nitrogen and oxygen atoms in total. The molecular weight excluding hydrogens is 429 g/mol. The Morgan fingerprint density at radius 1 is 0.862 bits per heavy atom. The molecule has 146 valence electrons. The van der Waals surface area contributed by atoms with Gasteiger partial charge in [0, 0.05) is 15.7 Å². The lowest BCUT2D eigenvalue weighted by Gasteiger charge is -2.23. The van der Waals surface area contributed by atoms with Gasteiger partial charge in [-0.15, -0.1) is 0 Å². The minimum atomic E-state index is -4.01. The second kappa shape index (κ2) is 7.67. The molecule has 0 aliphatic carbocycles. The molecule has 3 aromatic rings. The van der Waals surface area contributed by atoms with Gasteiger partial charge in [0.1, 0.15) is 4.91 Å². The minimum absolute atomic E-state index is 0.266. The van der Waals surface area contributed by atoms with Gasteiger partial charge in [0.2, 0.25) is 9.84 Å². The molecule has 29 heavy (non-hydrogen) atoms. The lowest BCUT2D eigenvalue weighted by atomic mass is 10.1. The van der Waals surface area contributed by atoms with Crippen molar-refractivity contribution < 1.29 is 13.2 Å². The summed E-state index contributed by atoms with van der Waals surface area (Å²) in [6, 6.07) is 22.1. The highest BCUT2D eigenvalue weighted by atomic mass is 35.5. The number of rotatable bonds is 3. The smallest absolute Gasteiger partial charge is 0.271 e. The van der Waals surface area contributed by atoms with E-state index in [-0.39, 0.29) is 9.93 Å². The van der Waals surface area contributed by atoms with Gasteiger partial charge in [-0.25, -0.2) is 8.42 Å². The van der Waals surface area contributed by atoms with Crippen LogP contribution in [0.5, 0.6) is 0 Å². The van der Waals surface area contributed by atoms with E-state index >= 15 is 0 Å². The molecule has 0 N–H and O–H groups in total. The van der Waals surface area contributed by atoms with Crippen molar-refractivity contribution >= 4 is 50.7 Å². The highest BCUT2D eigenvalue weighted by Crippen LogP contribution is 2.43. The zero-order chi connectivity index (χ0) is 20.6. The fourth-order valence-corrected chi connectivity index (χ4v) is 5.64. The van der Waals surface area contributed by atoms with Crippen LogP contribution in [0.3, 0.4) is 0 Å². The Balaban J connectivity index is 1.93. The van der Waals surface area contributed by atoms with Gasteiger partial charge in [0.15, 0.2) is 5.37 Å². The minimum Gasteiger partial charge on any atom is -0.286 e. The fraction of sp³-hybridized carbons (Fsp3) is 0.0455. The number of carbonyl (C=O) groups excluding carboxylic acids is 1. The van der Waals surface area contributed by atoms with E-state index in [4.69, 9.17) is 23.2 Å². The van der Waals surface area contributed by atoms with Crippen molar-refractivity contribution in [3.8, 4) is 0 Å². The summed E-state index contributed by atoms with van der Waals surface area (Å²) in [4.78, 5) is 14.3. The molecule has 0 bridgehead atoms. The Labute approximate surface area is 178 Å². The third-order valence-electron chi connectivity index (χ3n) is 4.63. The number of anilines is 1. The van der Waals surface area contributed by atoms with Crippen LogP contribution in [0.2, 0.25) is 10.0 Å². The first-order valence-corrected chi connectivity index (χ1v) is 11.0. The Kier molecular flexibility index (Phi) is 5.21. The van der Waals surface area contributed by atoms with Gasteiger partial charge in [-0.05, 0) is 41.5 Å². The van der Waals surface area contributed by atoms with Gasteiger partial charge in [-0.3, -0.25) is 9.69 Å². The maximum atomic E-state index is 13.5. The summed E-state index contributed by atoms with van der Waals surface area (Å²) >= 11 is 12.1. The normalized spacial score (nSPS) is 19.7. The third-order valence-corrected chi connectivity index (χ3v) is 7.17. The number of sulfone groups is 1. The van der Waals surface area contributed by atoms with Crippen molar-refractivity contribution in [2.24, 2.45) is 0 Å². The number of para-hydroxylation sites is 1. The molecule has 0 aromatic heterocycles. The molecule has 1 heterocycles. The fourth-order valence-electron chi connectivity index (χ4n) is 3.30. The molecule has 7 heteroatoms. The van der Waals surface area contributed by atoms with E-state index in [0.29, 0.717) is 21.8 Å². The molecule has 1 atom stereocenters. The molecule has 4 rings (SSSR count). The number of nitrogens with zero attached hydrogens (tertiary/aromatic N) is 1. The van der Waals surface area contributed by atoms with E-state index in [1.807, 2.05) is 0 Å². The average molecular weight is 444 g/mol. The van der Waals surface area contributed by atoms with E-state index in [1.54, 1.807) is 72.8 Å². The number of carbonyl (C=O) groups is 1. The predicted molar refractivity (Wildman–Crippen MR) is 116 cm³/mol. The summed E-state index contributed by atoms with van der Waals surface area (Å²) < 4.78 is 26.9. The van der Waals surface area contributed by atoms with Crippen molar-refractivity contribution in [2.45, 2.75) is 5.37 Å². The Hall–Kier alpha value is -2.60. The van der Waals surface area contributed by atoms with Crippen molar-refractivity contribution in [3.63, 3.8) is 0 Å². The second-order valence-corrected chi connectivity index (χ2v) is 9.31. The molecule has 0 radical (unpaired) electrons. The predicted octanol–water partition coefficient (Wildman–Crippen LogP) is 5.49. The van der Waals surface area contributed by atoms with Crippen LogP contribution in [0, 0.1) is 0 Å². The Bertz CT molecular complexity index is 1210.